The van der Waals surface area contributed by atoms with Crippen molar-refractivity contribution in [3.63, 3.8) is 0 Å². The zero-order valence-electron chi connectivity index (χ0n) is 10.9. The van der Waals surface area contributed by atoms with Gasteiger partial charge in [-0.1, -0.05) is 13.8 Å². The molecule has 0 radical (unpaired) electrons. The van der Waals surface area contributed by atoms with Crippen LogP contribution >= 0.6 is 0 Å². The standard InChI is InChI=1S/C14H20N2O2/c1-9(2)12(15)8-16-14(17)11-3-4-13-10(7-11)5-6-18-13/h3-4,7,9,12H,5-6,8,15H2,1-2H3,(H,16,17). The molecule has 1 aliphatic heterocycles. The summed E-state index contributed by atoms with van der Waals surface area (Å²) in [4.78, 5) is 12.0. The van der Waals surface area contributed by atoms with Gasteiger partial charge >= 0.3 is 0 Å². The minimum atomic E-state index is -0.0687. The monoisotopic (exact) mass is 248 g/mol. The first-order valence-corrected chi connectivity index (χ1v) is 6.37. The number of carbonyl (C=O) groups excluding carboxylic acids is 1. The third-order valence-corrected chi connectivity index (χ3v) is 3.31. The first kappa shape index (κ1) is 12.9. The van der Waals surface area contributed by atoms with Crippen molar-refractivity contribution in [3.8, 4) is 5.75 Å². The van der Waals surface area contributed by atoms with Crippen molar-refractivity contribution >= 4 is 5.91 Å². The van der Waals surface area contributed by atoms with Crippen LogP contribution in [0.1, 0.15) is 29.8 Å². The second-order valence-electron chi connectivity index (χ2n) is 5.04. The molecule has 0 aliphatic carbocycles. The Morgan fingerprint density at radius 3 is 3.00 bits per heavy atom. The molecule has 0 fully saturated rings. The Balaban J connectivity index is 1.97. The Morgan fingerprint density at radius 2 is 2.28 bits per heavy atom. The fraction of sp³-hybridized carbons (Fsp3) is 0.500. The molecule has 2 rings (SSSR count). The van der Waals surface area contributed by atoms with Crippen LogP contribution in [0.15, 0.2) is 18.2 Å². The van der Waals surface area contributed by atoms with Gasteiger partial charge in [-0.15, -0.1) is 0 Å². The second-order valence-corrected chi connectivity index (χ2v) is 5.04. The highest BCUT2D eigenvalue weighted by Crippen LogP contribution is 2.25. The van der Waals surface area contributed by atoms with E-state index in [1.807, 2.05) is 26.0 Å². The summed E-state index contributed by atoms with van der Waals surface area (Å²) in [5, 5.41) is 2.87. The van der Waals surface area contributed by atoms with E-state index in [0.717, 1.165) is 17.7 Å². The van der Waals surface area contributed by atoms with Crippen molar-refractivity contribution in [2.24, 2.45) is 11.7 Å². The third-order valence-electron chi connectivity index (χ3n) is 3.31. The van der Waals surface area contributed by atoms with Gasteiger partial charge < -0.3 is 15.8 Å². The van der Waals surface area contributed by atoms with Gasteiger partial charge in [-0.3, -0.25) is 4.79 Å². The molecule has 1 atom stereocenters. The largest absolute Gasteiger partial charge is 0.493 e. The molecule has 1 heterocycles. The van der Waals surface area contributed by atoms with Crippen molar-refractivity contribution in [2.75, 3.05) is 13.2 Å². The van der Waals surface area contributed by atoms with Crippen molar-refractivity contribution in [3.05, 3.63) is 29.3 Å². The average Bonchev–Trinajstić information content (AvgIpc) is 2.82. The fourth-order valence-electron chi connectivity index (χ4n) is 1.88. The molecule has 1 aromatic carbocycles. The third kappa shape index (κ3) is 2.82. The van der Waals surface area contributed by atoms with Crippen molar-refractivity contribution in [1.29, 1.82) is 0 Å². The summed E-state index contributed by atoms with van der Waals surface area (Å²) in [7, 11) is 0. The van der Waals surface area contributed by atoms with E-state index in [2.05, 4.69) is 5.32 Å². The minimum absolute atomic E-state index is 0.00768. The lowest BCUT2D eigenvalue weighted by Crippen LogP contribution is -2.40. The maximum absolute atomic E-state index is 12.0. The number of benzene rings is 1. The minimum Gasteiger partial charge on any atom is -0.493 e. The SMILES string of the molecule is CC(C)C(N)CNC(=O)c1ccc2c(c1)CCO2. The molecule has 0 bridgehead atoms. The molecule has 4 heteroatoms. The first-order valence-electron chi connectivity index (χ1n) is 6.37. The number of nitrogens with one attached hydrogen (secondary N) is 1. The predicted molar refractivity (Wildman–Crippen MR) is 70.8 cm³/mol. The van der Waals surface area contributed by atoms with Crippen molar-refractivity contribution in [1.82, 2.24) is 5.32 Å². The van der Waals surface area contributed by atoms with E-state index >= 15 is 0 Å². The van der Waals surface area contributed by atoms with Gasteiger partial charge in [-0.05, 0) is 29.7 Å². The Bertz CT molecular complexity index is 443. The van der Waals surface area contributed by atoms with Gasteiger partial charge in [0.1, 0.15) is 5.75 Å². The molecular formula is C14H20N2O2. The molecule has 0 saturated heterocycles. The fourth-order valence-corrected chi connectivity index (χ4v) is 1.88. The number of ether oxygens (including phenoxy) is 1. The highest BCUT2D eigenvalue weighted by atomic mass is 16.5. The van der Waals surface area contributed by atoms with Crippen LogP contribution in [-0.2, 0) is 6.42 Å². The van der Waals surface area contributed by atoms with E-state index in [1.165, 1.54) is 0 Å². The number of fused-ring (bicyclic) bond motifs is 1. The van der Waals surface area contributed by atoms with E-state index in [9.17, 15) is 4.79 Å². The molecule has 4 nitrogen and oxygen atoms in total. The molecule has 1 amide bonds. The number of amides is 1. The zero-order chi connectivity index (χ0) is 13.1. The Labute approximate surface area is 108 Å². The van der Waals surface area contributed by atoms with Gasteiger partial charge in [0.05, 0.1) is 6.61 Å². The molecule has 0 spiro atoms. The number of hydrogen-bond acceptors (Lipinski definition) is 3. The summed E-state index contributed by atoms with van der Waals surface area (Å²) in [5.74, 6) is 1.19. The van der Waals surface area contributed by atoms with Crippen LogP contribution in [0.25, 0.3) is 0 Å². The molecule has 98 valence electrons. The van der Waals surface area contributed by atoms with E-state index in [4.69, 9.17) is 10.5 Å². The second kappa shape index (κ2) is 5.40. The van der Waals surface area contributed by atoms with Gasteiger partial charge in [0, 0.05) is 24.6 Å². The van der Waals surface area contributed by atoms with E-state index in [1.54, 1.807) is 6.07 Å². The van der Waals surface area contributed by atoms with Gasteiger partial charge in [-0.25, -0.2) is 0 Å². The van der Waals surface area contributed by atoms with Crippen LogP contribution in [-0.4, -0.2) is 25.1 Å². The normalized spacial score (nSPS) is 15.1. The van der Waals surface area contributed by atoms with Crippen molar-refractivity contribution in [2.45, 2.75) is 26.3 Å². The quantitative estimate of drug-likeness (QED) is 0.845. The molecule has 1 unspecified atom stereocenters. The van der Waals surface area contributed by atoms with Crippen LogP contribution < -0.4 is 15.8 Å². The van der Waals surface area contributed by atoms with Crippen LogP contribution in [0.4, 0.5) is 0 Å². The van der Waals surface area contributed by atoms with Gasteiger partial charge in [-0.2, -0.15) is 0 Å². The number of carbonyl (C=O) groups is 1. The summed E-state index contributed by atoms with van der Waals surface area (Å²) in [6, 6.07) is 5.55. The predicted octanol–water partition coefficient (Wildman–Crippen LogP) is 1.33. The van der Waals surface area contributed by atoms with Gasteiger partial charge in [0.25, 0.3) is 5.91 Å². The smallest absolute Gasteiger partial charge is 0.251 e. The van der Waals surface area contributed by atoms with Crippen molar-refractivity contribution < 1.29 is 9.53 Å². The lowest BCUT2D eigenvalue weighted by atomic mass is 10.1. The average molecular weight is 248 g/mol. The van der Waals surface area contributed by atoms with E-state index in [-0.39, 0.29) is 11.9 Å². The Morgan fingerprint density at radius 1 is 1.50 bits per heavy atom. The summed E-state index contributed by atoms with van der Waals surface area (Å²) in [6.45, 7) is 5.30. The molecule has 1 aromatic rings. The van der Waals surface area contributed by atoms with Crippen LogP contribution in [0.5, 0.6) is 5.75 Å². The highest BCUT2D eigenvalue weighted by molar-refractivity contribution is 5.94. The summed E-state index contributed by atoms with van der Waals surface area (Å²) >= 11 is 0. The lowest BCUT2D eigenvalue weighted by Gasteiger charge is -2.16. The molecule has 18 heavy (non-hydrogen) atoms. The lowest BCUT2D eigenvalue weighted by molar-refractivity contribution is 0.0949. The Hall–Kier alpha value is -1.55. The summed E-state index contributed by atoms with van der Waals surface area (Å²) in [6.07, 6.45) is 0.877. The first-order chi connectivity index (χ1) is 8.58. The van der Waals surface area contributed by atoms with Crippen LogP contribution in [0.3, 0.4) is 0 Å². The molecular weight excluding hydrogens is 228 g/mol. The number of nitrogens with two attached hydrogens (primary N) is 1. The summed E-state index contributed by atoms with van der Waals surface area (Å²) in [5.41, 5.74) is 7.68. The van der Waals surface area contributed by atoms with Crippen LogP contribution in [0, 0.1) is 5.92 Å². The Kier molecular flexibility index (Phi) is 3.87. The van der Waals surface area contributed by atoms with Crippen LogP contribution in [0.2, 0.25) is 0 Å². The zero-order valence-corrected chi connectivity index (χ0v) is 10.9. The van der Waals surface area contributed by atoms with Gasteiger partial charge in [0.15, 0.2) is 0 Å². The molecule has 1 aliphatic rings. The van der Waals surface area contributed by atoms with E-state index in [0.29, 0.717) is 24.6 Å². The van der Waals surface area contributed by atoms with E-state index < -0.39 is 0 Å². The molecule has 3 N–H and O–H groups in total. The molecule has 0 saturated carbocycles. The topological polar surface area (TPSA) is 64.3 Å². The maximum atomic E-state index is 12.0. The highest BCUT2D eigenvalue weighted by Gasteiger charge is 2.15. The maximum Gasteiger partial charge on any atom is 0.251 e. The molecule has 0 aromatic heterocycles. The number of hydrogen-bond donors (Lipinski definition) is 2. The van der Waals surface area contributed by atoms with Gasteiger partial charge in [0.2, 0.25) is 0 Å². The number of rotatable bonds is 4. The summed E-state index contributed by atoms with van der Waals surface area (Å²) < 4.78 is 5.41.